The first kappa shape index (κ1) is 15.5. The molecule has 0 aliphatic carbocycles. The van der Waals surface area contributed by atoms with E-state index in [1.165, 1.54) is 36.9 Å². The molecule has 0 saturated carbocycles. The Bertz CT molecular complexity index is 871. The summed E-state index contributed by atoms with van der Waals surface area (Å²) in [5.74, 6) is -0.395. The fourth-order valence-electron chi connectivity index (χ4n) is 2.02. The van der Waals surface area contributed by atoms with Crippen molar-refractivity contribution >= 4 is 11.6 Å². The number of carbonyl (C=O) groups excluding carboxylic acids is 1. The normalized spacial score (nSPS) is 10.2. The Hall–Kier alpha value is -3.35. The summed E-state index contributed by atoms with van der Waals surface area (Å²) in [5.41, 5.74) is 1.41. The second-order valence-electron chi connectivity index (χ2n) is 5.02. The molecule has 0 aliphatic heterocycles. The largest absolute Gasteiger partial charge is 0.454 e. The molecule has 1 N–H and O–H groups in total. The van der Waals surface area contributed by atoms with Crippen LogP contribution in [0.1, 0.15) is 16.1 Å². The Morgan fingerprint density at radius 2 is 1.92 bits per heavy atom. The van der Waals surface area contributed by atoms with Crippen molar-refractivity contribution in [1.29, 1.82) is 0 Å². The van der Waals surface area contributed by atoms with Crippen LogP contribution in [0, 0.1) is 12.7 Å². The number of nitrogens with zero attached hydrogens (tertiary/aromatic N) is 3. The number of aryl methyl sites for hydroxylation is 1. The molecule has 0 spiro atoms. The number of amides is 1. The lowest BCUT2D eigenvalue weighted by atomic mass is 10.2. The number of pyridine rings is 1. The van der Waals surface area contributed by atoms with Gasteiger partial charge in [0.15, 0.2) is 5.75 Å². The van der Waals surface area contributed by atoms with E-state index in [-0.39, 0.29) is 17.1 Å². The zero-order valence-corrected chi connectivity index (χ0v) is 12.7. The van der Waals surface area contributed by atoms with E-state index in [2.05, 4.69) is 20.3 Å². The van der Waals surface area contributed by atoms with Gasteiger partial charge in [-0.05, 0) is 30.7 Å². The van der Waals surface area contributed by atoms with Crippen LogP contribution in [0.5, 0.6) is 11.5 Å². The lowest BCUT2D eigenvalue weighted by Crippen LogP contribution is -2.13. The van der Waals surface area contributed by atoms with Crippen LogP contribution in [0.25, 0.3) is 0 Å². The Balaban J connectivity index is 1.80. The predicted molar refractivity (Wildman–Crippen MR) is 85.4 cm³/mol. The summed E-state index contributed by atoms with van der Waals surface area (Å²) >= 11 is 0. The molecule has 1 aromatic carbocycles. The average Bonchev–Trinajstić information content (AvgIpc) is 2.55. The van der Waals surface area contributed by atoms with Gasteiger partial charge in [-0.1, -0.05) is 0 Å². The molecule has 0 aliphatic rings. The molecule has 1 amide bonds. The molecule has 0 atom stereocenters. The smallest absolute Gasteiger partial charge is 0.274 e. The van der Waals surface area contributed by atoms with Crippen LogP contribution in [-0.4, -0.2) is 20.9 Å². The van der Waals surface area contributed by atoms with Gasteiger partial charge in [-0.25, -0.2) is 14.4 Å². The minimum atomic E-state index is -0.545. The van der Waals surface area contributed by atoms with E-state index in [4.69, 9.17) is 4.74 Å². The second-order valence-corrected chi connectivity index (χ2v) is 5.02. The van der Waals surface area contributed by atoms with Gasteiger partial charge in [-0.15, -0.1) is 0 Å². The van der Waals surface area contributed by atoms with Gasteiger partial charge in [0.05, 0.1) is 12.4 Å². The molecule has 0 radical (unpaired) electrons. The third kappa shape index (κ3) is 3.89. The molecule has 3 rings (SSSR count). The number of halogens is 1. The van der Waals surface area contributed by atoms with Crippen LogP contribution in [0.3, 0.4) is 0 Å². The first-order valence-electron chi connectivity index (χ1n) is 7.07. The minimum Gasteiger partial charge on any atom is -0.454 e. The molecule has 0 bridgehead atoms. The average molecular weight is 324 g/mol. The zero-order valence-electron chi connectivity index (χ0n) is 12.7. The minimum absolute atomic E-state index is 0.220. The van der Waals surface area contributed by atoms with Gasteiger partial charge in [-0.3, -0.25) is 9.78 Å². The van der Waals surface area contributed by atoms with Gasteiger partial charge in [0, 0.05) is 24.0 Å². The molecule has 24 heavy (non-hydrogen) atoms. The van der Waals surface area contributed by atoms with Crippen LogP contribution in [0.2, 0.25) is 0 Å². The number of aromatic nitrogens is 3. The van der Waals surface area contributed by atoms with E-state index >= 15 is 0 Å². The molecule has 0 unspecified atom stereocenters. The Morgan fingerprint density at radius 3 is 2.67 bits per heavy atom. The van der Waals surface area contributed by atoms with Crippen molar-refractivity contribution in [3.8, 4) is 11.5 Å². The highest BCUT2D eigenvalue weighted by Gasteiger charge is 2.10. The first-order chi connectivity index (χ1) is 11.6. The van der Waals surface area contributed by atoms with E-state index < -0.39 is 11.7 Å². The number of ether oxygens (including phenoxy) is 1. The lowest BCUT2D eigenvalue weighted by Gasteiger charge is -2.09. The van der Waals surface area contributed by atoms with Crippen molar-refractivity contribution in [2.45, 2.75) is 6.92 Å². The summed E-state index contributed by atoms with van der Waals surface area (Å²) in [7, 11) is 0. The lowest BCUT2D eigenvalue weighted by molar-refractivity contribution is 0.102. The van der Waals surface area contributed by atoms with E-state index in [1.54, 1.807) is 18.3 Å². The standard InChI is InChI=1S/C17H13FN4O2/c1-11-2-3-21-16(4-11)17(23)22-13-5-12(18)6-14(7-13)24-15-8-19-10-20-9-15/h2-10H,1H3,(H,22,23). The highest BCUT2D eigenvalue weighted by Crippen LogP contribution is 2.25. The number of hydrogen-bond acceptors (Lipinski definition) is 5. The van der Waals surface area contributed by atoms with Gasteiger partial charge < -0.3 is 10.1 Å². The molecule has 0 fully saturated rings. The monoisotopic (exact) mass is 324 g/mol. The maximum absolute atomic E-state index is 13.8. The third-order valence-corrected chi connectivity index (χ3v) is 3.05. The Labute approximate surface area is 137 Å². The van der Waals surface area contributed by atoms with Crippen molar-refractivity contribution in [3.63, 3.8) is 0 Å². The van der Waals surface area contributed by atoms with E-state index in [0.717, 1.165) is 5.56 Å². The number of benzene rings is 1. The number of hydrogen-bond donors (Lipinski definition) is 1. The van der Waals surface area contributed by atoms with Crippen molar-refractivity contribution in [2.75, 3.05) is 5.32 Å². The second kappa shape index (κ2) is 6.82. The van der Waals surface area contributed by atoms with Crippen molar-refractivity contribution in [3.05, 3.63) is 72.3 Å². The molecule has 0 saturated heterocycles. The molecule has 6 nitrogen and oxygen atoms in total. The van der Waals surface area contributed by atoms with Gasteiger partial charge in [0.2, 0.25) is 0 Å². The van der Waals surface area contributed by atoms with E-state index in [9.17, 15) is 9.18 Å². The zero-order chi connectivity index (χ0) is 16.9. The maximum Gasteiger partial charge on any atom is 0.274 e. The highest BCUT2D eigenvalue weighted by atomic mass is 19.1. The molecular formula is C17H13FN4O2. The van der Waals surface area contributed by atoms with Crippen LogP contribution >= 0.6 is 0 Å². The third-order valence-electron chi connectivity index (χ3n) is 3.05. The van der Waals surface area contributed by atoms with Crippen LogP contribution < -0.4 is 10.1 Å². The number of anilines is 1. The van der Waals surface area contributed by atoms with E-state index in [1.807, 2.05) is 6.92 Å². The van der Waals surface area contributed by atoms with Crippen molar-refractivity contribution < 1.29 is 13.9 Å². The molecule has 2 heterocycles. The van der Waals surface area contributed by atoms with Crippen molar-refractivity contribution in [2.24, 2.45) is 0 Å². The Kier molecular flexibility index (Phi) is 4.42. The van der Waals surface area contributed by atoms with Crippen LogP contribution in [-0.2, 0) is 0 Å². The van der Waals surface area contributed by atoms with Crippen LogP contribution in [0.4, 0.5) is 10.1 Å². The van der Waals surface area contributed by atoms with Gasteiger partial charge in [0.25, 0.3) is 5.91 Å². The SMILES string of the molecule is Cc1ccnc(C(=O)Nc2cc(F)cc(Oc3cncnc3)c2)c1. The quantitative estimate of drug-likeness (QED) is 0.796. The van der Waals surface area contributed by atoms with Gasteiger partial charge in [0.1, 0.15) is 23.6 Å². The number of rotatable bonds is 4. The van der Waals surface area contributed by atoms with Crippen molar-refractivity contribution in [1.82, 2.24) is 15.0 Å². The maximum atomic E-state index is 13.8. The summed E-state index contributed by atoms with van der Waals surface area (Å²) in [5, 5.41) is 2.60. The molecule has 2 aromatic heterocycles. The molecule has 7 heteroatoms. The topological polar surface area (TPSA) is 77.0 Å². The number of nitrogens with one attached hydrogen (secondary N) is 1. The van der Waals surface area contributed by atoms with Gasteiger partial charge >= 0.3 is 0 Å². The van der Waals surface area contributed by atoms with Gasteiger partial charge in [-0.2, -0.15) is 0 Å². The molecular weight excluding hydrogens is 311 g/mol. The highest BCUT2D eigenvalue weighted by molar-refractivity contribution is 6.03. The number of carbonyl (C=O) groups is 1. The molecule has 3 aromatic rings. The predicted octanol–water partition coefficient (Wildman–Crippen LogP) is 3.36. The first-order valence-corrected chi connectivity index (χ1v) is 7.07. The summed E-state index contributed by atoms with van der Waals surface area (Å²) in [4.78, 5) is 23.8. The Morgan fingerprint density at radius 1 is 1.12 bits per heavy atom. The fourth-order valence-corrected chi connectivity index (χ4v) is 2.02. The summed E-state index contributed by atoms with van der Waals surface area (Å²) in [6, 6.07) is 7.33. The summed E-state index contributed by atoms with van der Waals surface area (Å²) < 4.78 is 19.2. The fraction of sp³-hybridized carbons (Fsp3) is 0.0588. The van der Waals surface area contributed by atoms with E-state index in [0.29, 0.717) is 5.75 Å². The van der Waals surface area contributed by atoms with Crippen LogP contribution in [0.15, 0.2) is 55.2 Å². The summed E-state index contributed by atoms with van der Waals surface area (Å²) in [6.07, 6.45) is 5.80. The summed E-state index contributed by atoms with van der Waals surface area (Å²) in [6.45, 7) is 1.86. The molecule has 120 valence electrons.